The predicted octanol–water partition coefficient (Wildman–Crippen LogP) is 0.983. The molecule has 0 aliphatic heterocycles. The molecule has 2 aromatic heterocycles. The number of hydrogen-bond donors (Lipinski definition) is 3. The molecule has 2 rings (SSSR count). The van der Waals surface area contributed by atoms with Crippen molar-refractivity contribution in [2.75, 3.05) is 12.4 Å². The number of nitro groups is 1. The number of pyridine rings is 2. The summed E-state index contributed by atoms with van der Waals surface area (Å²) in [7, 11) is 1.45. The molecular weight excluding hydrogens is 256 g/mol. The van der Waals surface area contributed by atoms with Crippen LogP contribution in [0.4, 0.5) is 11.4 Å². The fourth-order valence-electron chi connectivity index (χ4n) is 1.66. The molecule has 0 saturated heterocycles. The molecule has 2 heterocycles. The van der Waals surface area contributed by atoms with Crippen molar-refractivity contribution in [3.63, 3.8) is 0 Å². The maximum atomic E-state index is 10.9. The lowest BCUT2D eigenvalue weighted by Crippen LogP contribution is -2.03. The fourth-order valence-corrected chi connectivity index (χ4v) is 1.66. The molecule has 0 fully saturated rings. The molecule has 9 nitrogen and oxygen atoms in total. The van der Waals surface area contributed by atoms with Crippen LogP contribution in [0, 0.1) is 10.1 Å². The second-order valence-electron chi connectivity index (χ2n) is 3.56. The Morgan fingerprint density at radius 2 is 2.21 bits per heavy atom. The molecule has 98 valence electrons. The average molecular weight is 264 g/mol. The third-order valence-electron chi connectivity index (χ3n) is 2.49. The SMILES string of the molecule is CNc1c([N+](=O)[O-])cnc2nc(O)c(C(=O)O)cc12. The van der Waals surface area contributed by atoms with Crippen molar-refractivity contribution >= 4 is 28.4 Å². The van der Waals surface area contributed by atoms with Crippen LogP contribution in [-0.4, -0.2) is 38.1 Å². The molecule has 0 saturated carbocycles. The van der Waals surface area contributed by atoms with E-state index in [0.717, 1.165) is 12.3 Å². The minimum absolute atomic E-state index is 0.0115. The Balaban J connectivity index is 2.87. The summed E-state index contributed by atoms with van der Waals surface area (Å²) in [4.78, 5) is 28.4. The number of fused-ring (bicyclic) bond motifs is 1. The highest BCUT2D eigenvalue weighted by Gasteiger charge is 2.21. The Labute approximate surface area is 105 Å². The van der Waals surface area contributed by atoms with E-state index in [-0.39, 0.29) is 22.4 Å². The van der Waals surface area contributed by atoms with Crippen molar-refractivity contribution in [1.29, 1.82) is 0 Å². The molecule has 0 radical (unpaired) electrons. The number of hydrogen-bond acceptors (Lipinski definition) is 7. The number of aromatic carboxylic acids is 1. The molecule has 0 atom stereocenters. The molecule has 0 aliphatic rings. The summed E-state index contributed by atoms with van der Waals surface area (Å²) in [5, 5.41) is 31.9. The van der Waals surface area contributed by atoms with Crippen LogP contribution < -0.4 is 5.32 Å². The van der Waals surface area contributed by atoms with Crippen molar-refractivity contribution in [3.8, 4) is 5.88 Å². The summed E-state index contributed by atoms with van der Waals surface area (Å²) in [5.41, 5.74) is -0.660. The highest BCUT2D eigenvalue weighted by molar-refractivity contribution is 6.00. The van der Waals surface area contributed by atoms with E-state index in [1.807, 2.05) is 0 Å². The molecule has 0 aromatic carbocycles. The van der Waals surface area contributed by atoms with Crippen LogP contribution in [0.2, 0.25) is 0 Å². The standard InChI is InChI=1S/C10H8N4O5/c1-11-7-4-2-5(10(16)17)9(15)13-8(4)12-3-6(7)14(18)19/h2-3H,1H3,(H,16,17)(H2,11,12,13,15). The minimum atomic E-state index is -1.39. The van der Waals surface area contributed by atoms with Gasteiger partial charge in [-0.1, -0.05) is 0 Å². The highest BCUT2D eigenvalue weighted by atomic mass is 16.6. The van der Waals surface area contributed by atoms with Gasteiger partial charge in [0.05, 0.1) is 10.3 Å². The normalized spacial score (nSPS) is 10.4. The minimum Gasteiger partial charge on any atom is -0.493 e. The van der Waals surface area contributed by atoms with Crippen molar-refractivity contribution in [1.82, 2.24) is 9.97 Å². The fraction of sp³-hybridized carbons (Fsp3) is 0.100. The third-order valence-corrected chi connectivity index (χ3v) is 2.49. The van der Waals surface area contributed by atoms with Crippen LogP contribution >= 0.6 is 0 Å². The summed E-state index contributed by atoms with van der Waals surface area (Å²) in [6.45, 7) is 0. The van der Waals surface area contributed by atoms with Crippen LogP contribution in [0.15, 0.2) is 12.3 Å². The van der Waals surface area contributed by atoms with Gasteiger partial charge in [0.1, 0.15) is 17.4 Å². The molecular formula is C10H8N4O5. The lowest BCUT2D eigenvalue weighted by Gasteiger charge is -2.07. The Morgan fingerprint density at radius 3 is 2.74 bits per heavy atom. The summed E-state index contributed by atoms with van der Waals surface area (Å²) in [5.74, 6) is -2.08. The van der Waals surface area contributed by atoms with Gasteiger partial charge in [-0.25, -0.2) is 9.78 Å². The Bertz CT molecular complexity index is 700. The number of carbonyl (C=O) groups is 1. The first-order valence-corrected chi connectivity index (χ1v) is 5.04. The van der Waals surface area contributed by atoms with Gasteiger partial charge in [-0.3, -0.25) is 10.1 Å². The summed E-state index contributed by atoms with van der Waals surface area (Å²) < 4.78 is 0. The zero-order valence-electron chi connectivity index (χ0n) is 9.62. The highest BCUT2D eigenvalue weighted by Crippen LogP contribution is 2.32. The van der Waals surface area contributed by atoms with E-state index in [4.69, 9.17) is 5.11 Å². The van der Waals surface area contributed by atoms with Gasteiger partial charge in [0.2, 0.25) is 5.88 Å². The van der Waals surface area contributed by atoms with Gasteiger partial charge in [-0.05, 0) is 6.07 Å². The number of aromatic hydroxyl groups is 1. The van der Waals surface area contributed by atoms with Crippen LogP contribution in [0.3, 0.4) is 0 Å². The molecule has 0 amide bonds. The van der Waals surface area contributed by atoms with Gasteiger partial charge in [0.25, 0.3) is 0 Å². The first-order valence-electron chi connectivity index (χ1n) is 5.04. The molecule has 0 aliphatic carbocycles. The smallest absolute Gasteiger partial charge is 0.341 e. The number of aromatic nitrogens is 2. The summed E-state index contributed by atoms with van der Waals surface area (Å²) in [6, 6.07) is 1.09. The number of carboxylic acids is 1. The molecule has 2 aromatic rings. The van der Waals surface area contributed by atoms with Gasteiger partial charge in [-0.2, -0.15) is 4.98 Å². The van der Waals surface area contributed by atoms with Crippen LogP contribution in [0.5, 0.6) is 5.88 Å². The van der Waals surface area contributed by atoms with E-state index >= 15 is 0 Å². The van der Waals surface area contributed by atoms with E-state index in [0.29, 0.717) is 0 Å². The lowest BCUT2D eigenvalue weighted by molar-refractivity contribution is -0.384. The van der Waals surface area contributed by atoms with E-state index in [2.05, 4.69) is 15.3 Å². The van der Waals surface area contributed by atoms with Crippen LogP contribution in [0.25, 0.3) is 11.0 Å². The molecule has 3 N–H and O–H groups in total. The second-order valence-corrected chi connectivity index (χ2v) is 3.56. The molecule has 0 unspecified atom stereocenters. The Morgan fingerprint density at radius 1 is 1.53 bits per heavy atom. The third kappa shape index (κ3) is 1.97. The average Bonchev–Trinajstić information content (AvgIpc) is 2.35. The van der Waals surface area contributed by atoms with E-state index in [1.165, 1.54) is 7.05 Å². The maximum Gasteiger partial charge on any atom is 0.341 e. The quantitative estimate of drug-likeness (QED) is 0.550. The van der Waals surface area contributed by atoms with Gasteiger partial charge < -0.3 is 15.5 Å². The van der Waals surface area contributed by atoms with Crippen molar-refractivity contribution in [2.24, 2.45) is 0 Å². The van der Waals surface area contributed by atoms with Crippen molar-refractivity contribution < 1.29 is 19.9 Å². The molecule has 0 spiro atoms. The second kappa shape index (κ2) is 4.37. The Kier molecular flexibility index (Phi) is 2.87. The summed E-state index contributed by atoms with van der Waals surface area (Å²) in [6.07, 6.45) is 0.987. The molecule has 9 heteroatoms. The largest absolute Gasteiger partial charge is 0.493 e. The van der Waals surface area contributed by atoms with Crippen molar-refractivity contribution in [2.45, 2.75) is 0 Å². The number of rotatable bonds is 3. The monoisotopic (exact) mass is 264 g/mol. The maximum absolute atomic E-state index is 10.9. The topological polar surface area (TPSA) is 138 Å². The lowest BCUT2D eigenvalue weighted by atomic mass is 10.1. The van der Waals surface area contributed by atoms with Gasteiger partial charge in [0, 0.05) is 7.05 Å². The number of carboxylic acid groups (broad SMARTS) is 1. The predicted molar refractivity (Wildman–Crippen MR) is 64.4 cm³/mol. The summed E-state index contributed by atoms with van der Waals surface area (Å²) >= 11 is 0. The number of nitrogens with zero attached hydrogens (tertiary/aromatic N) is 3. The van der Waals surface area contributed by atoms with E-state index in [9.17, 15) is 20.0 Å². The number of nitrogens with one attached hydrogen (secondary N) is 1. The molecule has 0 bridgehead atoms. The van der Waals surface area contributed by atoms with Gasteiger partial charge >= 0.3 is 11.7 Å². The van der Waals surface area contributed by atoms with Gasteiger partial charge in [0.15, 0.2) is 5.65 Å². The Hall–Kier alpha value is -2.97. The first kappa shape index (κ1) is 12.5. The van der Waals surface area contributed by atoms with Crippen LogP contribution in [0.1, 0.15) is 10.4 Å². The van der Waals surface area contributed by atoms with E-state index in [1.54, 1.807) is 0 Å². The van der Waals surface area contributed by atoms with E-state index < -0.39 is 22.3 Å². The van der Waals surface area contributed by atoms with Crippen LogP contribution in [-0.2, 0) is 0 Å². The molecule has 19 heavy (non-hydrogen) atoms. The zero-order chi connectivity index (χ0) is 14.2. The first-order chi connectivity index (χ1) is 8.95. The number of anilines is 1. The zero-order valence-corrected chi connectivity index (χ0v) is 9.62. The van der Waals surface area contributed by atoms with Crippen molar-refractivity contribution in [3.05, 3.63) is 27.9 Å². The van der Waals surface area contributed by atoms with Gasteiger partial charge in [-0.15, -0.1) is 0 Å².